The van der Waals surface area contributed by atoms with E-state index in [9.17, 15) is 14.4 Å². The lowest BCUT2D eigenvalue weighted by molar-refractivity contribution is -0.145. The van der Waals surface area contributed by atoms with Gasteiger partial charge in [-0.15, -0.1) is 0 Å². The molecule has 1 amide bonds. The summed E-state index contributed by atoms with van der Waals surface area (Å²) in [6, 6.07) is 3.77. The Bertz CT molecular complexity index is 524. The van der Waals surface area contributed by atoms with E-state index < -0.39 is 30.3 Å². The van der Waals surface area contributed by atoms with E-state index >= 15 is 0 Å². The zero-order chi connectivity index (χ0) is 14.6. The van der Waals surface area contributed by atoms with Gasteiger partial charge in [0.2, 0.25) is 0 Å². The molecule has 6 heteroatoms. The summed E-state index contributed by atoms with van der Waals surface area (Å²) in [5, 5.41) is 19.7. The van der Waals surface area contributed by atoms with E-state index in [-0.39, 0.29) is 0 Å². The van der Waals surface area contributed by atoms with Gasteiger partial charge in [0.25, 0.3) is 5.91 Å². The smallest absolute Gasteiger partial charge is 0.326 e. The Kier molecular flexibility index (Phi) is 4.63. The Morgan fingerprint density at radius 2 is 1.84 bits per heavy atom. The average molecular weight is 265 g/mol. The molecule has 102 valence electrons. The van der Waals surface area contributed by atoms with E-state index in [1.807, 2.05) is 13.0 Å². The number of hydrogen-bond donors (Lipinski definition) is 3. The monoisotopic (exact) mass is 265 g/mol. The third kappa shape index (κ3) is 4.09. The van der Waals surface area contributed by atoms with Crippen LogP contribution >= 0.6 is 0 Å². The zero-order valence-electron chi connectivity index (χ0n) is 10.6. The molecule has 0 heterocycles. The third-order valence-corrected chi connectivity index (χ3v) is 2.62. The van der Waals surface area contributed by atoms with Crippen molar-refractivity contribution >= 4 is 17.8 Å². The second kappa shape index (κ2) is 5.99. The Labute approximate surface area is 110 Å². The van der Waals surface area contributed by atoms with Gasteiger partial charge in [0.15, 0.2) is 0 Å². The molecule has 0 saturated heterocycles. The number of rotatable bonds is 5. The Hall–Kier alpha value is -2.37. The Morgan fingerprint density at radius 1 is 1.21 bits per heavy atom. The minimum absolute atomic E-state index is 0.344. The first-order valence-electron chi connectivity index (χ1n) is 5.64. The van der Waals surface area contributed by atoms with Crippen molar-refractivity contribution in [3.63, 3.8) is 0 Å². The van der Waals surface area contributed by atoms with Crippen LogP contribution in [0.3, 0.4) is 0 Å². The minimum Gasteiger partial charge on any atom is -0.481 e. The number of carbonyl (C=O) groups excluding carboxylic acids is 1. The van der Waals surface area contributed by atoms with Gasteiger partial charge in [-0.05, 0) is 25.5 Å². The summed E-state index contributed by atoms with van der Waals surface area (Å²) in [5.41, 5.74) is 1.90. The zero-order valence-corrected chi connectivity index (χ0v) is 10.6. The van der Waals surface area contributed by atoms with Crippen molar-refractivity contribution in [2.24, 2.45) is 0 Å². The second-order valence-corrected chi connectivity index (χ2v) is 4.28. The number of aliphatic carboxylic acids is 2. The molecule has 1 aromatic carbocycles. The van der Waals surface area contributed by atoms with Gasteiger partial charge in [0, 0.05) is 5.56 Å². The van der Waals surface area contributed by atoms with Gasteiger partial charge in [0.1, 0.15) is 6.04 Å². The fraction of sp³-hybridized carbons (Fsp3) is 0.308. The number of benzene rings is 1. The van der Waals surface area contributed by atoms with Crippen LogP contribution in [0.2, 0.25) is 0 Å². The van der Waals surface area contributed by atoms with Gasteiger partial charge in [-0.2, -0.15) is 0 Å². The van der Waals surface area contributed by atoms with Gasteiger partial charge in [-0.1, -0.05) is 17.7 Å². The highest BCUT2D eigenvalue weighted by Gasteiger charge is 2.24. The molecule has 19 heavy (non-hydrogen) atoms. The van der Waals surface area contributed by atoms with Crippen LogP contribution < -0.4 is 5.32 Å². The summed E-state index contributed by atoms with van der Waals surface area (Å²) in [4.78, 5) is 33.4. The fourth-order valence-electron chi connectivity index (χ4n) is 1.59. The maximum Gasteiger partial charge on any atom is 0.326 e. The number of aryl methyl sites for hydroxylation is 2. The molecule has 1 rings (SSSR count). The molecular weight excluding hydrogens is 250 g/mol. The number of carbonyl (C=O) groups is 3. The van der Waals surface area contributed by atoms with Crippen molar-refractivity contribution in [2.75, 3.05) is 0 Å². The van der Waals surface area contributed by atoms with Gasteiger partial charge < -0.3 is 15.5 Å². The molecule has 6 nitrogen and oxygen atoms in total. The number of nitrogens with one attached hydrogen (secondary N) is 1. The molecule has 0 fully saturated rings. The first-order valence-corrected chi connectivity index (χ1v) is 5.64. The highest BCUT2D eigenvalue weighted by Crippen LogP contribution is 2.11. The molecule has 0 saturated carbocycles. The predicted octanol–water partition coefficient (Wildman–Crippen LogP) is 0.961. The Balaban J connectivity index is 2.90. The van der Waals surface area contributed by atoms with Crippen LogP contribution in [0.4, 0.5) is 0 Å². The summed E-state index contributed by atoms with van der Waals surface area (Å²) >= 11 is 0. The number of hydrogen-bond acceptors (Lipinski definition) is 3. The van der Waals surface area contributed by atoms with E-state index in [2.05, 4.69) is 5.32 Å². The fourth-order valence-corrected chi connectivity index (χ4v) is 1.59. The van der Waals surface area contributed by atoms with Crippen molar-refractivity contribution in [3.05, 3.63) is 34.9 Å². The SMILES string of the molecule is Cc1ccc(C)c(C(=O)N[C@@H](CC(=O)O)C(=O)O)c1. The number of carboxylic acid groups (broad SMARTS) is 2. The molecule has 3 N–H and O–H groups in total. The molecule has 1 atom stereocenters. The summed E-state index contributed by atoms with van der Waals surface area (Å²) in [5.74, 6) is -3.25. The van der Waals surface area contributed by atoms with E-state index in [1.165, 1.54) is 0 Å². The van der Waals surface area contributed by atoms with Crippen molar-refractivity contribution in [2.45, 2.75) is 26.3 Å². The average Bonchev–Trinajstić information content (AvgIpc) is 2.30. The minimum atomic E-state index is -1.44. The number of amides is 1. The Morgan fingerprint density at radius 3 is 2.37 bits per heavy atom. The van der Waals surface area contributed by atoms with E-state index in [0.717, 1.165) is 5.56 Å². The van der Waals surface area contributed by atoms with Crippen molar-refractivity contribution in [1.82, 2.24) is 5.32 Å². The van der Waals surface area contributed by atoms with Crippen LogP contribution in [0.15, 0.2) is 18.2 Å². The largest absolute Gasteiger partial charge is 0.481 e. The van der Waals surface area contributed by atoms with Crippen LogP contribution in [0.25, 0.3) is 0 Å². The van der Waals surface area contributed by atoms with Crippen LogP contribution in [0.1, 0.15) is 27.9 Å². The molecule has 0 aromatic heterocycles. The van der Waals surface area contributed by atoms with Gasteiger partial charge >= 0.3 is 11.9 Å². The molecule has 0 spiro atoms. The summed E-state index contributed by atoms with van der Waals surface area (Å²) in [6.07, 6.45) is -0.661. The normalized spacial score (nSPS) is 11.7. The first-order chi connectivity index (χ1) is 8.81. The summed E-state index contributed by atoms with van der Waals surface area (Å²) in [7, 11) is 0. The maximum absolute atomic E-state index is 11.9. The maximum atomic E-state index is 11.9. The van der Waals surface area contributed by atoms with Crippen LogP contribution in [-0.2, 0) is 9.59 Å². The molecule has 0 aliphatic heterocycles. The summed E-state index contributed by atoms with van der Waals surface area (Å²) in [6.45, 7) is 3.53. The quantitative estimate of drug-likeness (QED) is 0.735. The lowest BCUT2D eigenvalue weighted by Crippen LogP contribution is -2.42. The molecule has 1 aromatic rings. The molecule has 0 bridgehead atoms. The van der Waals surface area contributed by atoms with E-state index in [0.29, 0.717) is 11.1 Å². The molecule has 0 aliphatic carbocycles. The van der Waals surface area contributed by atoms with Crippen molar-refractivity contribution < 1.29 is 24.6 Å². The molecule has 0 radical (unpaired) electrons. The first kappa shape index (κ1) is 14.7. The van der Waals surface area contributed by atoms with Crippen molar-refractivity contribution in [1.29, 1.82) is 0 Å². The lowest BCUT2D eigenvalue weighted by Gasteiger charge is -2.14. The van der Waals surface area contributed by atoms with E-state index in [4.69, 9.17) is 10.2 Å². The highest BCUT2D eigenvalue weighted by atomic mass is 16.4. The molecule has 0 aliphatic rings. The number of carboxylic acids is 2. The molecular formula is C13H15NO5. The topological polar surface area (TPSA) is 104 Å². The third-order valence-electron chi connectivity index (χ3n) is 2.62. The van der Waals surface area contributed by atoms with Gasteiger partial charge in [-0.3, -0.25) is 9.59 Å². The summed E-state index contributed by atoms with van der Waals surface area (Å²) < 4.78 is 0. The van der Waals surface area contributed by atoms with Crippen LogP contribution in [-0.4, -0.2) is 34.1 Å². The van der Waals surface area contributed by atoms with Gasteiger partial charge in [0.05, 0.1) is 6.42 Å². The highest BCUT2D eigenvalue weighted by molar-refractivity contribution is 5.98. The van der Waals surface area contributed by atoms with Crippen LogP contribution in [0, 0.1) is 13.8 Å². The predicted molar refractivity (Wildman–Crippen MR) is 67.1 cm³/mol. The molecule has 0 unspecified atom stereocenters. The van der Waals surface area contributed by atoms with E-state index in [1.54, 1.807) is 19.1 Å². The van der Waals surface area contributed by atoms with Gasteiger partial charge in [-0.25, -0.2) is 4.79 Å². The second-order valence-electron chi connectivity index (χ2n) is 4.28. The standard InChI is InChI=1S/C13H15NO5/c1-7-3-4-8(2)9(5-7)12(17)14-10(13(18)19)6-11(15)16/h3-5,10H,6H2,1-2H3,(H,14,17)(H,15,16)(H,18,19)/t10-/m0/s1. The lowest BCUT2D eigenvalue weighted by atomic mass is 10.0. The van der Waals surface area contributed by atoms with Crippen LogP contribution in [0.5, 0.6) is 0 Å². The van der Waals surface area contributed by atoms with Crippen molar-refractivity contribution in [3.8, 4) is 0 Å².